The molecule has 0 bridgehead atoms. The number of methoxy groups -OCH3 is 1. The maximum absolute atomic E-state index is 12.0. The molecule has 1 aromatic carbocycles. The third kappa shape index (κ3) is 3.58. The molecule has 20 heavy (non-hydrogen) atoms. The molecule has 3 unspecified atom stereocenters. The molecule has 0 radical (unpaired) electrons. The number of carbonyl (C=O) groups is 2. The van der Waals surface area contributed by atoms with Gasteiger partial charge >= 0.3 is 5.97 Å². The predicted molar refractivity (Wildman–Crippen MR) is 76.4 cm³/mol. The van der Waals surface area contributed by atoms with Gasteiger partial charge in [-0.1, -0.05) is 28.1 Å². The summed E-state index contributed by atoms with van der Waals surface area (Å²) in [5.41, 5.74) is 1.10. The first kappa shape index (κ1) is 15.0. The van der Waals surface area contributed by atoms with Crippen molar-refractivity contribution in [2.75, 3.05) is 13.7 Å². The number of hydrogen-bond acceptors (Lipinski definition) is 3. The van der Waals surface area contributed by atoms with E-state index < -0.39 is 12.0 Å². The molecule has 1 saturated carbocycles. The second-order valence-corrected chi connectivity index (χ2v) is 5.77. The van der Waals surface area contributed by atoms with Gasteiger partial charge in [0.15, 0.2) is 6.04 Å². The number of halogens is 1. The van der Waals surface area contributed by atoms with E-state index >= 15 is 0 Å². The summed E-state index contributed by atoms with van der Waals surface area (Å²) < 4.78 is 5.77. The van der Waals surface area contributed by atoms with Gasteiger partial charge in [0.1, 0.15) is 0 Å². The fraction of sp³-hybridized carbons (Fsp3) is 0.429. The number of carboxylic acids is 1. The highest BCUT2D eigenvalue weighted by Crippen LogP contribution is 2.47. The number of aliphatic carboxylic acids is 1. The Morgan fingerprint density at radius 2 is 2.30 bits per heavy atom. The molecule has 1 aliphatic carbocycles. The number of nitrogens with one attached hydrogen (secondary N) is 1. The smallest absolute Gasteiger partial charge is 0.328 e. The van der Waals surface area contributed by atoms with Gasteiger partial charge in [-0.2, -0.15) is 0 Å². The van der Waals surface area contributed by atoms with Gasteiger partial charge in [-0.05, 0) is 30.0 Å². The molecule has 0 aromatic heterocycles. The van der Waals surface area contributed by atoms with Crippen LogP contribution in [0, 0.1) is 5.92 Å². The van der Waals surface area contributed by atoms with Gasteiger partial charge in [0.25, 0.3) is 0 Å². The molecular formula is C14H16BrNO4. The van der Waals surface area contributed by atoms with Crippen molar-refractivity contribution < 1.29 is 19.4 Å². The summed E-state index contributed by atoms with van der Waals surface area (Å²) in [5, 5.41) is 11.5. The molecular weight excluding hydrogens is 326 g/mol. The lowest BCUT2D eigenvalue weighted by Crippen LogP contribution is -2.44. The minimum absolute atomic E-state index is 0.0324. The number of hydrogen-bond donors (Lipinski definition) is 2. The van der Waals surface area contributed by atoms with Crippen molar-refractivity contribution in [1.29, 1.82) is 0 Å². The van der Waals surface area contributed by atoms with Gasteiger partial charge in [0, 0.05) is 17.5 Å². The van der Waals surface area contributed by atoms with E-state index in [2.05, 4.69) is 21.2 Å². The highest BCUT2D eigenvalue weighted by Gasteiger charge is 2.44. The topological polar surface area (TPSA) is 75.6 Å². The largest absolute Gasteiger partial charge is 0.480 e. The number of amides is 1. The summed E-state index contributed by atoms with van der Waals surface area (Å²) in [6.45, 7) is -0.0324. The molecule has 1 aliphatic rings. The second kappa shape index (κ2) is 6.37. The first-order valence-electron chi connectivity index (χ1n) is 6.30. The van der Waals surface area contributed by atoms with E-state index in [4.69, 9.17) is 9.84 Å². The summed E-state index contributed by atoms with van der Waals surface area (Å²) in [6.07, 6.45) is 0.752. The summed E-state index contributed by atoms with van der Waals surface area (Å²) >= 11 is 3.40. The van der Waals surface area contributed by atoms with Crippen LogP contribution < -0.4 is 5.32 Å². The van der Waals surface area contributed by atoms with E-state index in [-0.39, 0.29) is 24.3 Å². The van der Waals surface area contributed by atoms with E-state index in [1.165, 1.54) is 7.11 Å². The minimum atomic E-state index is -1.08. The molecule has 0 saturated heterocycles. The molecule has 1 fully saturated rings. The maximum atomic E-state index is 12.0. The highest BCUT2D eigenvalue weighted by molar-refractivity contribution is 9.10. The first-order valence-corrected chi connectivity index (χ1v) is 7.09. The fourth-order valence-corrected chi connectivity index (χ4v) is 2.63. The quantitative estimate of drug-likeness (QED) is 0.826. The van der Waals surface area contributed by atoms with Gasteiger partial charge in [-0.3, -0.25) is 4.79 Å². The third-order valence-corrected chi connectivity index (χ3v) is 3.85. The number of rotatable bonds is 6. The minimum Gasteiger partial charge on any atom is -0.480 e. The number of carboxylic acid groups (broad SMARTS) is 1. The average Bonchev–Trinajstić information content (AvgIpc) is 3.18. The van der Waals surface area contributed by atoms with Crippen molar-refractivity contribution in [3.63, 3.8) is 0 Å². The van der Waals surface area contributed by atoms with Crippen LogP contribution in [-0.4, -0.2) is 36.7 Å². The summed E-state index contributed by atoms with van der Waals surface area (Å²) in [4.78, 5) is 23.0. The Morgan fingerprint density at radius 3 is 2.90 bits per heavy atom. The zero-order valence-electron chi connectivity index (χ0n) is 11.0. The van der Waals surface area contributed by atoms with Crippen LogP contribution in [0.1, 0.15) is 17.9 Å². The van der Waals surface area contributed by atoms with Crippen LogP contribution in [0.15, 0.2) is 28.7 Å². The molecule has 0 heterocycles. The van der Waals surface area contributed by atoms with Crippen LogP contribution in [0.3, 0.4) is 0 Å². The van der Waals surface area contributed by atoms with Gasteiger partial charge in [-0.25, -0.2) is 4.79 Å². The molecule has 6 heteroatoms. The van der Waals surface area contributed by atoms with Crippen LogP contribution in [-0.2, 0) is 14.3 Å². The molecule has 2 rings (SSSR count). The summed E-state index contributed by atoms with van der Waals surface area (Å²) in [7, 11) is 1.41. The third-order valence-electron chi connectivity index (χ3n) is 3.35. The predicted octanol–water partition coefficient (Wildman–Crippen LogP) is 1.77. The standard InChI is InChI=1S/C14H16BrNO4/c1-20-7-12(14(18)19)16-13(17)11-6-10(11)8-3-2-4-9(15)5-8/h2-5,10-12H,6-7H2,1H3,(H,16,17)(H,18,19). The summed E-state index contributed by atoms with van der Waals surface area (Å²) in [5.74, 6) is -1.29. The molecule has 108 valence electrons. The average molecular weight is 342 g/mol. The Bertz CT molecular complexity index is 520. The van der Waals surface area contributed by atoms with Crippen LogP contribution in [0.2, 0.25) is 0 Å². The van der Waals surface area contributed by atoms with Gasteiger partial charge in [-0.15, -0.1) is 0 Å². The van der Waals surface area contributed by atoms with Crippen molar-refractivity contribution in [3.8, 4) is 0 Å². The van der Waals surface area contributed by atoms with Crippen LogP contribution in [0.25, 0.3) is 0 Å². The van der Waals surface area contributed by atoms with Crippen molar-refractivity contribution in [2.45, 2.75) is 18.4 Å². The second-order valence-electron chi connectivity index (χ2n) is 4.86. The van der Waals surface area contributed by atoms with Crippen molar-refractivity contribution in [3.05, 3.63) is 34.3 Å². The Hall–Kier alpha value is -1.40. The SMILES string of the molecule is COCC(NC(=O)C1CC1c1cccc(Br)c1)C(=O)O. The zero-order valence-corrected chi connectivity index (χ0v) is 12.6. The molecule has 1 aromatic rings. The lowest BCUT2D eigenvalue weighted by molar-refractivity contribution is -0.143. The molecule has 0 aliphatic heterocycles. The lowest BCUT2D eigenvalue weighted by Gasteiger charge is -2.13. The number of carbonyl (C=O) groups excluding carboxylic acids is 1. The lowest BCUT2D eigenvalue weighted by atomic mass is 10.1. The maximum Gasteiger partial charge on any atom is 0.328 e. The van der Waals surface area contributed by atoms with E-state index in [9.17, 15) is 9.59 Å². The zero-order chi connectivity index (χ0) is 14.7. The Labute approximate surface area is 125 Å². The monoisotopic (exact) mass is 341 g/mol. The summed E-state index contributed by atoms with van der Waals surface area (Å²) in [6, 6.07) is 6.84. The number of benzene rings is 1. The Kier molecular flexibility index (Phi) is 4.77. The normalized spacial score (nSPS) is 22.1. The van der Waals surface area contributed by atoms with Gasteiger partial charge < -0.3 is 15.2 Å². The van der Waals surface area contributed by atoms with Crippen LogP contribution in [0.5, 0.6) is 0 Å². The molecule has 1 amide bonds. The number of ether oxygens (including phenoxy) is 1. The van der Waals surface area contributed by atoms with E-state index in [1.54, 1.807) is 0 Å². The molecule has 5 nitrogen and oxygen atoms in total. The Morgan fingerprint density at radius 1 is 1.55 bits per heavy atom. The van der Waals surface area contributed by atoms with Gasteiger partial charge in [0.05, 0.1) is 6.61 Å². The van der Waals surface area contributed by atoms with Crippen LogP contribution >= 0.6 is 15.9 Å². The highest BCUT2D eigenvalue weighted by atomic mass is 79.9. The van der Waals surface area contributed by atoms with Gasteiger partial charge in [0.2, 0.25) is 5.91 Å². The van der Waals surface area contributed by atoms with Crippen molar-refractivity contribution >= 4 is 27.8 Å². The first-order chi connectivity index (χ1) is 9.52. The Balaban J connectivity index is 1.94. The van der Waals surface area contributed by atoms with E-state index in [1.807, 2.05) is 24.3 Å². The van der Waals surface area contributed by atoms with Crippen molar-refractivity contribution in [1.82, 2.24) is 5.32 Å². The molecule has 3 atom stereocenters. The van der Waals surface area contributed by atoms with E-state index in [0.29, 0.717) is 0 Å². The van der Waals surface area contributed by atoms with Crippen molar-refractivity contribution in [2.24, 2.45) is 5.92 Å². The van der Waals surface area contributed by atoms with E-state index in [0.717, 1.165) is 16.5 Å². The van der Waals surface area contributed by atoms with Crippen LogP contribution in [0.4, 0.5) is 0 Å². The molecule has 2 N–H and O–H groups in total. The molecule has 0 spiro atoms. The fourth-order valence-electron chi connectivity index (χ4n) is 2.21.